The van der Waals surface area contributed by atoms with Crippen LogP contribution in [-0.4, -0.2) is 14.5 Å². The average molecular weight is 322 g/mol. The van der Waals surface area contributed by atoms with Gasteiger partial charge >= 0.3 is 0 Å². The second-order valence-electron chi connectivity index (χ2n) is 3.19. The summed E-state index contributed by atoms with van der Waals surface area (Å²) in [4.78, 5) is 0. The summed E-state index contributed by atoms with van der Waals surface area (Å²) in [5.41, 5.74) is 0. The Bertz CT molecular complexity index is 487. The van der Waals surface area contributed by atoms with Gasteiger partial charge in [0.2, 0.25) is 0 Å². The van der Waals surface area contributed by atoms with Crippen molar-refractivity contribution in [3.63, 3.8) is 0 Å². The van der Waals surface area contributed by atoms with Crippen LogP contribution in [0.25, 0.3) is 0 Å². The predicted molar refractivity (Wildman–Crippen MR) is 69.9 cm³/mol. The summed E-state index contributed by atoms with van der Waals surface area (Å²) in [5.74, 6) is 2.44. The number of rotatable bonds is 5. The zero-order valence-electron chi connectivity index (χ0n) is 8.73. The minimum atomic E-state index is -3.50. The molecule has 0 spiro atoms. The lowest BCUT2D eigenvalue weighted by Gasteiger charge is -2.11. The molecule has 0 fully saturated rings. The molecule has 1 atom stereocenters. The fraction of sp³-hybridized carbons (Fsp3) is 0.400. The zero-order chi connectivity index (χ0) is 12.2. The molecule has 1 N–H and O–H groups in total. The van der Waals surface area contributed by atoms with Crippen LogP contribution >= 0.6 is 27.3 Å². The quantitative estimate of drug-likeness (QED) is 0.847. The molecule has 3 nitrogen and oxygen atoms in total. The second kappa shape index (κ2) is 5.82. The highest BCUT2D eigenvalue weighted by Gasteiger charge is 2.21. The molecule has 16 heavy (non-hydrogen) atoms. The Labute approximate surface area is 108 Å². The molecule has 1 unspecified atom stereocenters. The highest BCUT2D eigenvalue weighted by Crippen LogP contribution is 2.27. The van der Waals surface area contributed by atoms with E-state index in [-0.39, 0.29) is 4.21 Å². The minimum Gasteiger partial charge on any atom is -0.206 e. The number of hydrogen-bond donors (Lipinski definition) is 1. The van der Waals surface area contributed by atoms with Crippen molar-refractivity contribution in [1.29, 1.82) is 0 Å². The first kappa shape index (κ1) is 13.7. The predicted octanol–water partition coefficient (Wildman–Crippen LogP) is 2.59. The summed E-state index contributed by atoms with van der Waals surface area (Å²) in [6, 6.07) is 1.26. The molecule has 0 radical (unpaired) electrons. The van der Waals surface area contributed by atoms with Crippen molar-refractivity contribution in [3.05, 3.63) is 15.9 Å². The number of thiophene rings is 1. The summed E-state index contributed by atoms with van der Waals surface area (Å²) in [7, 11) is -3.50. The van der Waals surface area contributed by atoms with Gasteiger partial charge in [-0.2, -0.15) is 4.72 Å². The lowest BCUT2D eigenvalue weighted by atomic mass is 10.2. The Morgan fingerprint density at radius 1 is 1.69 bits per heavy atom. The SMILES string of the molecule is C#CC(CCC)NS(=O)(=O)c1sccc1Br. The van der Waals surface area contributed by atoms with Gasteiger partial charge in [-0.3, -0.25) is 0 Å². The van der Waals surface area contributed by atoms with E-state index >= 15 is 0 Å². The van der Waals surface area contributed by atoms with Gasteiger partial charge in [0.1, 0.15) is 4.21 Å². The molecule has 1 rings (SSSR count). The van der Waals surface area contributed by atoms with Gasteiger partial charge in [0.15, 0.2) is 0 Å². The normalized spacial score (nSPS) is 13.3. The van der Waals surface area contributed by atoms with E-state index < -0.39 is 16.1 Å². The van der Waals surface area contributed by atoms with Gasteiger partial charge in [-0.1, -0.05) is 19.3 Å². The molecule has 0 aliphatic heterocycles. The molecule has 6 heteroatoms. The molecular formula is C10H12BrNO2S2. The first-order chi connectivity index (χ1) is 7.51. The Hall–Kier alpha value is -0.350. The molecule has 1 aromatic rings. The molecule has 0 aromatic carbocycles. The summed E-state index contributed by atoms with van der Waals surface area (Å²) < 4.78 is 27.2. The first-order valence-corrected chi connectivity index (χ1v) is 7.88. The molecule has 1 aromatic heterocycles. The van der Waals surface area contributed by atoms with Gasteiger partial charge in [0, 0.05) is 4.47 Å². The molecule has 0 saturated carbocycles. The zero-order valence-corrected chi connectivity index (χ0v) is 12.0. The first-order valence-electron chi connectivity index (χ1n) is 4.72. The van der Waals surface area contributed by atoms with E-state index in [2.05, 4.69) is 26.6 Å². The summed E-state index contributed by atoms with van der Waals surface area (Å²) in [6.45, 7) is 1.96. The number of terminal acetylenes is 1. The highest BCUT2D eigenvalue weighted by atomic mass is 79.9. The van der Waals surface area contributed by atoms with Crippen molar-refractivity contribution in [1.82, 2.24) is 4.72 Å². The molecule has 88 valence electrons. The highest BCUT2D eigenvalue weighted by molar-refractivity contribution is 9.10. The third-order valence-electron chi connectivity index (χ3n) is 1.90. The van der Waals surface area contributed by atoms with E-state index in [1.165, 1.54) is 0 Å². The van der Waals surface area contributed by atoms with Crippen LogP contribution in [-0.2, 0) is 10.0 Å². The monoisotopic (exact) mass is 321 g/mol. The maximum Gasteiger partial charge on any atom is 0.252 e. The number of hydrogen-bond acceptors (Lipinski definition) is 3. The summed E-state index contributed by atoms with van der Waals surface area (Å²) >= 11 is 4.35. The standard InChI is InChI=1S/C10H12BrNO2S2/c1-3-5-8(4-2)12-16(13,14)10-9(11)6-7-15-10/h2,6-8,12H,3,5H2,1H3. The van der Waals surface area contributed by atoms with E-state index in [1.54, 1.807) is 11.4 Å². The van der Waals surface area contributed by atoms with Crippen molar-refractivity contribution in [3.8, 4) is 12.3 Å². The van der Waals surface area contributed by atoms with Crippen molar-refractivity contribution in [2.24, 2.45) is 0 Å². The van der Waals surface area contributed by atoms with Crippen molar-refractivity contribution in [2.75, 3.05) is 0 Å². The molecule has 1 heterocycles. The van der Waals surface area contributed by atoms with Crippen LogP contribution in [0.4, 0.5) is 0 Å². The number of sulfonamides is 1. The van der Waals surface area contributed by atoms with Crippen molar-refractivity contribution >= 4 is 37.3 Å². The van der Waals surface area contributed by atoms with Crippen LogP contribution in [0, 0.1) is 12.3 Å². The van der Waals surface area contributed by atoms with Gasteiger partial charge in [0.05, 0.1) is 6.04 Å². The van der Waals surface area contributed by atoms with Crippen molar-refractivity contribution < 1.29 is 8.42 Å². The van der Waals surface area contributed by atoms with E-state index in [0.29, 0.717) is 10.9 Å². The molecule has 0 bridgehead atoms. The minimum absolute atomic E-state index is 0.267. The van der Waals surface area contributed by atoms with Crippen LogP contribution in [0.15, 0.2) is 20.1 Å². The van der Waals surface area contributed by atoms with Crippen LogP contribution in [0.5, 0.6) is 0 Å². The van der Waals surface area contributed by atoms with Crippen molar-refractivity contribution in [2.45, 2.75) is 30.0 Å². The smallest absolute Gasteiger partial charge is 0.206 e. The van der Waals surface area contributed by atoms with Gasteiger partial charge in [-0.25, -0.2) is 8.42 Å². The maximum absolute atomic E-state index is 11.9. The molecule has 0 aliphatic rings. The van der Waals surface area contributed by atoms with E-state index in [9.17, 15) is 8.42 Å². The van der Waals surface area contributed by atoms with Gasteiger partial charge in [0.25, 0.3) is 10.0 Å². The third kappa shape index (κ3) is 3.32. The fourth-order valence-electron chi connectivity index (χ4n) is 1.18. The lowest BCUT2D eigenvalue weighted by molar-refractivity contribution is 0.566. The molecule has 0 amide bonds. The Morgan fingerprint density at radius 3 is 2.81 bits per heavy atom. The van der Waals surface area contributed by atoms with E-state index in [1.807, 2.05) is 6.92 Å². The fourth-order valence-corrected chi connectivity index (χ4v) is 4.72. The van der Waals surface area contributed by atoms with E-state index in [4.69, 9.17) is 6.42 Å². The van der Waals surface area contributed by atoms with Gasteiger partial charge in [-0.15, -0.1) is 17.8 Å². The Balaban J connectivity index is 2.89. The summed E-state index contributed by atoms with van der Waals surface area (Å²) in [6.07, 6.45) is 6.75. The van der Waals surface area contributed by atoms with Crippen LogP contribution in [0.1, 0.15) is 19.8 Å². The largest absolute Gasteiger partial charge is 0.252 e. The lowest BCUT2D eigenvalue weighted by Crippen LogP contribution is -2.33. The van der Waals surface area contributed by atoms with Gasteiger partial charge < -0.3 is 0 Å². The average Bonchev–Trinajstić information content (AvgIpc) is 2.64. The van der Waals surface area contributed by atoms with Crippen LogP contribution < -0.4 is 4.72 Å². The summed E-state index contributed by atoms with van der Waals surface area (Å²) in [5, 5.41) is 1.71. The topological polar surface area (TPSA) is 46.2 Å². The molecule has 0 aliphatic carbocycles. The van der Waals surface area contributed by atoms with Crippen LogP contribution in [0.2, 0.25) is 0 Å². The van der Waals surface area contributed by atoms with Crippen LogP contribution in [0.3, 0.4) is 0 Å². The molecule has 0 saturated heterocycles. The van der Waals surface area contributed by atoms with Gasteiger partial charge in [-0.05, 0) is 33.8 Å². The molecular weight excluding hydrogens is 310 g/mol. The number of nitrogens with one attached hydrogen (secondary N) is 1. The second-order valence-corrected chi connectivity index (χ2v) is 6.86. The Kier molecular flexibility index (Phi) is 4.99. The maximum atomic E-state index is 11.9. The van der Waals surface area contributed by atoms with E-state index in [0.717, 1.165) is 17.8 Å². The number of halogens is 1. The Morgan fingerprint density at radius 2 is 2.38 bits per heavy atom. The third-order valence-corrected chi connectivity index (χ3v) is 6.05.